The molecule has 2 heterocycles. The van der Waals surface area contributed by atoms with Crippen LogP contribution in [0.1, 0.15) is 28.5 Å². The van der Waals surface area contributed by atoms with Crippen molar-refractivity contribution in [2.45, 2.75) is 19.4 Å². The number of hydrogen-bond donors (Lipinski definition) is 1. The van der Waals surface area contributed by atoms with Crippen LogP contribution in [0, 0.1) is 6.92 Å². The quantitative estimate of drug-likeness (QED) is 0.919. The first-order chi connectivity index (χ1) is 10.9. The van der Waals surface area contributed by atoms with Crippen molar-refractivity contribution in [2.75, 3.05) is 16.8 Å². The van der Waals surface area contributed by atoms with Crippen LogP contribution in [0.5, 0.6) is 0 Å². The number of carbonyl (C=O) groups is 1. The first-order valence-corrected chi connectivity index (χ1v) is 9.37. The van der Waals surface area contributed by atoms with Gasteiger partial charge in [0.2, 0.25) is 0 Å². The van der Waals surface area contributed by atoms with Gasteiger partial charge in [-0.25, -0.2) is 8.42 Å². The van der Waals surface area contributed by atoms with Gasteiger partial charge in [-0.1, -0.05) is 17.7 Å². The number of carbonyl (C=O) groups excluding carboxylic acids is 1. The lowest BCUT2D eigenvalue weighted by Gasteiger charge is -2.11. The van der Waals surface area contributed by atoms with Gasteiger partial charge in [-0.05, 0) is 31.5 Å². The standard InChI is InChI=1S/C15H16ClN3O3S/c1-10-14(15(20)18-12-4-2-3-11(16)7-12)8-17-19(10)13-5-6-23(21,22)9-13/h2-4,7-8,13H,5-6,9H2,1H3,(H,18,20). The van der Waals surface area contributed by atoms with E-state index in [0.717, 1.165) is 0 Å². The highest BCUT2D eigenvalue weighted by molar-refractivity contribution is 7.91. The predicted molar refractivity (Wildman–Crippen MR) is 88.7 cm³/mol. The van der Waals surface area contributed by atoms with Gasteiger partial charge in [0, 0.05) is 16.4 Å². The van der Waals surface area contributed by atoms with E-state index in [1.165, 1.54) is 6.20 Å². The lowest BCUT2D eigenvalue weighted by atomic mass is 10.2. The van der Waals surface area contributed by atoms with Crippen LogP contribution in [0.4, 0.5) is 5.69 Å². The van der Waals surface area contributed by atoms with Gasteiger partial charge in [-0.3, -0.25) is 9.48 Å². The second-order valence-corrected chi connectivity index (χ2v) is 8.27. The molecule has 1 aromatic carbocycles. The first-order valence-electron chi connectivity index (χ1n) is 7.17. The Morgan fingerprint density at radius 3 is 2.87 bits per heavy atom. The van der Waals surface area contributed by atoms with Crippen molar-refractivity contribution < 1.29 is 13.2 Å². The molecule has 1 fully saturated rings. The molecular weight excluding hydrogens is 338 g/mol. The number of benzene rings is 1. The summed E-state index contributed by atoms with van der Waals surface area (Å²) in [5, 5.41) is 7.51. The van der Waals surface area contributed by atoms with Crippen LogP contribution in [0.15, 0.2) is 30.5 Å². The molecule has 8 heteroatoms. The number of aromatic nitrogens is 2. The van der Waals surface area contributed by atoms with E-state index in [4.69, 9.17) is 11.6 Å². The van der Waals surface area contributed by atoms with Crippen molar-refractivity contribution in [3.8, 4) is 0 Å². The topological polar surface area (TPSA) is 81.1 Å². The molecule has 1 unspecified atom stereocenters. The van der Waals surface area contributed by atoms with Crippen LogP contribution in [-0.4, -0.2) is 35.6 Å². The molecule has 0 spiro atoms. The van der Waals surface area contributed by atoms with E-state index in [2.05, 4.69) is 10.4 Å². The SMILES string of the molecule is Cc1c(C(=O)Nc2cccc(Cl)c2)cnn1C1CCS(=O)(=O)C1. The van der Waals surface area contributed by atoms with Gasteiger partial charge in [0.25, 0.3) is 5.91 Å². The molecule has 1 amide bonds. The molecule has 1 atom stereocenters. The van der Waals surface area contributed by atoms with Crippen molar-refractivity contribution in [3.05, 3.63) is 46.7 Å². The van der Waals surface area contributed by atoms with Gasteiger partial charge in [0.15, 0.2) is 9.84 Å². The number of hydrogen-bond acceptors (Lipinski definition) is 4. The van der Waals surface area contributed by atoms with E-state index in [0.29, 0.717) is 28.4 Å². The number of sulfone groups is 1. The molecule has 1 aliphatic rings. The molecule has 6 nitrogen and oxygen atoms in total. The molecule has 1 N–H and O–H groups in total. The summed E-state index contributed by atoms with van der Waals surface area (Å²) >= 11 is 5.90. The molecule has 1 aromatic heterocycles. The molecule has 0 bridgehead atoms. The molecule has 0 saturated carbocycles. The number of nitrogens with zero attached hydrogens (tertiary/aromatic N) is 2. The Morgan fingerprint density at radius 1 is 1.43 bits per heavy atom. The summed E-state index contributed by atoms with van der Waals surface area (Å²) in [6, 6.07) is 6.67. The fourth-order valence-electron chi connectivity index (χ4n) is 2.75. The maximum atomic E-state index is 12.4. The number of amides is 1. The Morgan fingerprint density at radius 2 is 2.22 bits per heavy atom. The number of anilines is 1. The maximum Gasteiger partial charge on any atom is 0.259 e. The Balaban J connectivity index is 1.80. The van der Waals surface area contributed by atoms with Gasteiger partial charge < -0.3 is 5.32 Å². The molecule has 3 rings (SSSR count). The molecule has 0 aliphatic carbocycles. The van der Waals surface area contributed by atoms with Gasteiger partial charge >= 0.3 is 0 Å². The van der Waals surface area contributed by atoms with E-state index < -0.39 is 9.84 Å². The highest BCUT2D eigenvalue weighted by Gasteiger charge is 2.31. The minimum Gasteiger partial charge on any atom is -0.322 e. The summed E-state index contributed by atoms with van der Waals surface area (Å²) in [6.45, 7) is 1.77. The molecular formula is C15H16ClN3O3S. The van der Waals surface area contributed by atoms with Crippen LogP contribution in [0.25, 0.3) is 0 Å². The van der Waals surface area contributed by atoms with Crippen LogP contribution in [0.3, 0.4) is 0 Å². The average Bonchev–Trinajstić information content (AvgIpc) is 3.01. The highest BCUT2D eigenvalue weighted by atomic mass is 35.5. The Labute approximate surface area is 139 Å². The Bertz CT molecular complexity index is 861. The maximum absolute atomic E-state index is 12.4. The summed E-state index contributed by atoms with van der Waals surface area (Å²) < 4.78 is 24.8. The van der Waals surface area contributed by atoms with Gasteiger partial charge in [-0.2, -0.15) is 5.10 Å². The molecule has 2 aromatic rings. The molecule has 23 heavy (non-hydrogen) atoms. The zero-order valence-electron chi connectivity index (χ0n) is 12.5. The fourth-order valence-corrected chi connectivity index (χ4v) is 4.63. The Kier molecular flexibility index (Phi) is 4.16. The smallest absolute Gasteiger partial charge is 0.259 e. The van der Waals surface area contributed by atoms with Crippen LogP contribution in [-0.2, 0) is 9.84 Å². The van der Waals surface area contributed by atoms with E-state index in [1.54, 1.807) is 35.9 Å². The van der Waals surface area contributed by atoms with Gasteiger partial charge in [-0.15, -0.1) is 0 Å². The third-order valence-corrected chi connectivity index (χ3v) is 5.91. The van der Waals surface area contributed by atoms with Gasteiger partial charge in [0.05, 0.1) is 29.3 Å². The number of halogens is 1. The van der Waals surface area contributed by atoms with Crippen molar-refractivity contribution in [1.29, 1.82) is 0 Å². The third kappa shape index (κ3) is 3.40. The Hall–Kier alpha value is -1.86. The average molecular weight is 354 g/mol. The minimum atomic E-state index is -3.00. The molecule has 1 aliphatic heterocycles. The van der Waals surface area contributed by atoms with E-state index in [9.17, 15) is 13.2 Å². The minimum absolute atomic E-state index is 0.0743. The molecule has 1 saturated heterocycles. The number of nitrogens with one attached hydrogen (secondary N) is 1. The normalized spacial score (nSPS) is 19.7. The second kappa shape index (κ2) is 5.98. The summed E-state index contributed by atoms with van der Waals surface area (Å²) in [7, 11) is -3.00. The largest absolute Gasteiger partial charge is 0.322 e. The van der Waals surface area contributed by atoms with Crippen LogP contribution < -0.4 is 5.32 Å². The monoisotopic (exact) mass is 353 g/mol. The second-order valence-electron chi connectivity index (χ2n) is 5.61. The lowest BCUT2D eigenvalue weighted by Crippen LogP contribution is -2.16. The highest BCUT2D eigenvalue weighted by Crippen LogP contribution is 2.25. The van der Waals surface area contributed by atoms with E-state index in [-0.39, 0.29) is 23.5 Å². The van der Waals surface area contributed by atoms with Crippen molar-refractivity contribution in [1.82, 2.24) is 9.78 Å². The van der Waals surface area contributed by atoms with Gasteiger partial charge in [0.1, 0.15) is 0 Å². The van der Waals surface area contributed by atoms with E-state index >= 15 is 0 Å². The van der Waals surface area contributed by atoms with Crippen LogP contribution in [0.2, 0.25) is 5.02 Å². The summed E-state index contributed by atoms with van der Waals surface area (Å²) in [5.41, 5.74) is 1.68. The van der Waals surface area contributed by atoms with Crippen molar-refractivity contribution >= 4 is 33.0 Å². The van der Waals surface area contributed by atoms with Crippen LogP contribution >= 0.6 is 11.6 Å². The summed E-state index contributed by atoms with van der Waals surface area (Å²) in [6.07, 6.45) is 2.00. The zero-order valence-corrected chi connectivity index (χ0v) is 14.1. The molecule has 0 radical (unpaired) electrons. The van der Waals surface area contributed by atoms with Crippen molar-refractivity contribution in [2.24, 2.45) is 0 Å². The lowest BCUT2D eigenvalue weighted by molar-refractivity contribution is 0.102. The van der Waals surface area contributed by atoms with E-state index in [1.807, 2.05) is 0 Å². The zero-order chi connectivity index (χ0) is 16.6. The third-order valence-electron chi connectivity index (χ3n) is 3.93. The first kappa shape index (κ1) is 16.0. The summed E-state index contributed by atoms with van der Waals surface area (Å²) in [4.78, 5) is 12.4. The fraction of sp³-hybridized carbons (Fsp3) is 0.333. The number of rotatable bonds is 3. The summed E-state index contributed by atoms with van der Waals surface area (Å²) in [5.74, 6) is -0.0526. The predicted octanol–water partition coefficient (Wildman–Crippen LogP) is 2.46. The molecule has 122 valence electrons. The van der Waals surface area contributed by atoms with Crippen molar-refractivity contribution in [3.63, 3.8) is 0 Å².